The van der Waals surface area contributed by atoms with Gasteiger partial charge in [0.05, 0.1) is 0 Å². The van der Waals surface area contributed by atoms with E-state index in [-0.39, 0.29) is 5.66 Å². The summed E-state index contributed by atoms with van der Waals surface area (Å²) in [5, 5.41) is 7.98. The van der Waals surface area contributed by atoms with Gasteiger partial charge in [-0.15, -0.1) is 0 Å². The van der Waals surface area contributed by atoms with Gasteiger partial charge in [0.15, 0.2) is 5.66 Å². The Hall–Kier alpha value is -0.400. The molecule has 0 aromatic rings. The van der Waals surface area contributed by atoms with E-state index in [1.807, 2.05) is 0 Å². The third-order valence-corrected chi connectivity index (χ3v) is 2.37. The van der Waals surface area contributed by atoms with Gasteiger partial charge in [-0.05, 0) is 25.7 Å². The summed E-state index contributed by atoms with van der Waals surface area (Å²) in [6.07, 6.45) is 6.53. The number of unbranched alkanes of at least 4 members (excludes halogenated alkanes) is 2. The minimum Gasteiger partial charge on any atom is -0.159 e. The van der Waals surface area contributed by atoms with Crippen LogP contribution in [0.15, 0.2) is 10.2 Å². The summed E-state index contributed by atoms with van der Waals surface area (Å²) < 4.78 is 0. The largest absolute Gasteiger partial charge is 0.188 e. The molecule has 0 amide bonds. The third kappa shape index (κ3) is 3.84. The highest BCUT2D eigenvalue weighted by Gasteiger charge is 2.32. The summed E-state index contributed by atoms with van der Waals surface area (Å²) in [7, 11) is 0. The van der Waals surface area contributed by atoms with Crippen LogP contribution in [0.2, 0.25) is 0 Å². The van der Waals surface area contributed by atoms with Gasteiger partial charge in [0.1, 0.15) is 0 Å². The first kappa shape index (κ1) is 9.69. The molecule has 1 heterocycles. The summed E-state index contributed by atoms with van der Waals surface area (Å²) in [6, 6.07) is 0. The fourth-order valence-corrected chi connectivity index (χ4v) is 1.37. The summed E-state index contributed by atoms with van der Waals surface area (Å²) in [5.74, 6) is 0.857. The number of nitrogens with zero attached hydrogens (tertiary/aromatic N) is 2. The maximum Gasteiger partial charge on any atom is 0.188 e. The van der Waals surface area contributed by atoms with Gasteiger partial charge < -0.3 is 0 Å². The molecular formula is C10H20N2. The second-order valence-electron chi connectivity index (χ2n) is 4.41. The summed E-state index contributed by atoms with van der Waals surface area (Å²) in [5.41, 5.74) is 0.0395. The van der Waals surface area contributed by atoms with Crippen molar-refractivity contribution in [2.24, 2.45) is 16.1 Å². The van der Waals surface area contributed by atoms with Crippen molar-refractivity contribution in [2.75, 3.05) is 0 Å². The standard InChI is InChI=1S/C10H20N2/c1-9(2)7-5-4-6-8-10(3)11-12-10/h9H,4-8H2,1-3H3. The van der Waals surface area contributed by atoms with E-state index >= 15 is 0 Å². The molecule has 2 heteroatoms. The molecule has 0 saturated carbocycles. The lowest BCUT2D eigenvalue weighted by molar-refractivity contribution is 0.491. The zero-order valence-electron chi connectivity index (χ0n) is 8.51. The first-order valence-corrected chi connectivity index (χ1v) is 5.06. The Kier molecular flexibility index (Phi) is 3.24. The predicted molar refractivity (Wildman–Crippen MR) is 51.2 cm³/mol. The van der Waals surface area contributed by atoms with Crippen molar-refractivity contribution >= 4 is 0 Å². The molecule has 0 fully saturated rings. The molecule has 0 atom stereocenters. The Morgan fingerprint density at radius 2 is 1.75 bits per heavy atom. The topological polar surface area (TPSA) is 24.7 Å². The fourth-order valence-electron chi connectivity index (χ4n) is 1.37. The van der Waals surface area contributed by atoms with E-state index in [9.17, 15) is 0 Å². The third-order valence-electron chi connectivity index (χ3n) is 2.37. The monoisotopic (exact) mass is 168 g/mol. The molecule has 1 aliphatic rings. The van der Waals surface area contributed by atoms with Crippen molar-refractivity contribution in [1.82, 2.24) is 0 Å². The van der Waals surface area contributed by atoms with Crippen molar-refractivity contribution in [1.29, 1.82) is 0 Å². The summed E-state index contributed by atoms with van der Waals surface area (Å²) in [6.45, 7) is 6.68. The van der Waals surface area contributed by atoms with Gasteiger partial charge in [-0.2, -0.15) is 10.2 Å². The maximum absolute atomic E-state index is 3.99. The van der Waals surface area contributed by atoms with Crippen LogP contribution < -0.4 is 0 Å². The number of hydrogen-bond donors (Lipinski definition) is 0. The quantitative estimate of drug-likeness (QED) is 0.539. The molecule has 0 N–H and O–H groups in total. The molecule has 2 nitrogen and oxygen atoms in total. The van der Waals surface area contributed by atoms with Crippen molar-refractivity contribution < 1.29 is 0 Å². The Morgan fingerprint density at radius 1 is 1.08 bits per heavy atom. The predicted octanol–water partition coefficient (Wildman–Crippen LogP) is 3.77. The Morgan fingerprint density at radius 3 is 2.25 bits per heavy atom. The Balaban J connectivity index is 1.83. The fraction of sp³-hybridized carbons (Fsp3) is 1.00. The van der Waals surface area contributed by atoms with Crippen LogP contribution in [0.1, 0.15) is 52.9 Å². The highest BCUT2D eigenvalue weighted by molar-refractivity contribution is 4.87. The molecular weight excluding hydrogens is 148 g/mol. The molecule has 1 rings (SSSR count). The Bertz CT molecular complexity index is 155. The minimum absolute atomic E-state index is 0.0395. The lowest BCUT2D eigenvalue weighted by Gasteiger charge is -2.05. The van der Waals surface area contributed by atoms with E-state index in [2.05, 4.69) is 31.0 Å². The molecule has 0 aliphatic carbocycles. The Labute approximate surface area is 75.5 Å². The van der Waals surface area contributed by atoms with Crippen LogP contribution in [0.5, 0.6) is 0 Å². The lowest BCUT2D eigenvalue weighted by Crippen LogP contribution is -2.02. The highest BCUT2D eigenvalue weighted by atomic mass is 15.4. The summed E-state index contributed by atoms with van der Waals surface area (Å²) >= 11 is 0. The van der Waals surface area contributed by atoms with Gasteiger partial charge in [-0.3, -0.25) is 0 Å². The zero-order chi connectivity index (χ0) is 9.03. The van der Waals surface area contributed by atoms with Gasteiger partial charge in [0.2, 0.25) is 0 Å². The molecule has 0 saturated heterocycles. The van der Waals surface area contributed by atoms with Gasteiger partial charge >= 0.3 is 0 Å². The zero-order valence-corrected chi connectivity index (χ0v) is 8.51. The first-order chi connectivity index (χ1) is 5.62. The molecule has 0 aromatic carbocycles. The van der Waals surface area contributed by atoms with E-state index in [1.165, 1.54) is 25.7 Å². The van der Waals surface area contributed by atoms with Crippen molar-refractivity contribution in [3.05, 3.63) is 0 Å². The van der Waals surface area contributed by atoms with Crippen molar-refractivity contribution in [3.8, 4) is 0 Å². The smallest absolute Gasteiger partial charge is 0.159 e. The number of rotatable bonds is 6. The van der Waals surface area contributed by atoms with Gasteiger partial charge in [0, 0.05) is 0 Å². The molecule has 0 radical (unpaired) electrons. The molecule has 1 aliphatic heterocycles. The van der Waals surface area contributed by atoms with E-state index < -0.39 is 0 Å². The van der Waals surface area contributed by atoms with E-state index in [0.717, 1.165) is 12.3 Å². The summed E-state index contributed by atoms with van der Waals surface area (Å²) in [4.78, 5) is 0. The van der Waals surface area contributed by atoms with E-state index in [4.69, 9.17) is 0 Å². The normalized spacial score (nSPS) is 18.7. The van der Waals surface area contributed by atoms with Crippen LogP contribution in [0.4, 0.5) is 0 Å². The van der Waals surface area contributed by atoms with Gasteiger partial charge in [0.25, 0.3) is 0 Å². The van der Waals surface area contributed by atoms with Gasteiger partial charge in [-0.1, -0.05) is 33.1 Å². The highest BCUT2D eigenvalue weighted by Crippen LogP contribution is 2.32. The SMILES string of the molecule is CC(C)CCCCCC1(C)N=N1. The second-order valence-corrected chi connectivity index (χ2v) is 4.41. The average Bonchev–Trinajstić information content (AvgIpc) is 2.67. The maximum atomic E-state index is 3.99. The molecule has 70 valence electrons. The molecule has 12 heavy (non-hydrogen) atoms. The van der Waals surface area contributed by atoms with Crippen LogP contribution in [0.3, 0.4) is 0 Å². The number of hydrogen-bond acceptors (Lipinski definition) is 2. The van der Waals surface area contributed by atoms with Crippen LogP contribution in [0, 0.1) is 5.92 Å². The van der Waals surface area contributed by atoms with E-state index in [0.29, 0.717) is 0 Å². The first-order valence-electron chi connectivity index (χ1n) is 5.06. The molecule has 0 bridgehead atoms. The minimum atomic E-state index is 0.0395. The van der Waals surface area contributed by atoms with Crippen molar-refractivity contribution in [3.63, 3.8) is 0 Å². The molecule has 0 aromatic heterocycles. The molecule has 0 spiro atoms. The molecule has 0 unspecified atom stereocenters. The van der Waals surface area contributed by atoms with E-state index in [1.54, 1.807) is 0 Å². The lowest BCUT2D eigenvalue weighted by atomic mass is 10.0. The van der Waals surface area contributed by atoms with Crippen molar-refractivity contribution in [2.45, 2.75) is 58.5 Å². The van der Waals surface area contributed by atoms with Crippen LogP contribution in [0.25, 0.3) is 0 Å². The second kappa shape index (κ2) is 4.01. The van der Waals surface area contributed by atoms with Crippen LogP contribution in [-0.2, 0) is 0 Å². The average molecular weight is 168 g/mol. The van der Waals surface area contributed by atoms with Gasteiger partial charge in [-0.25, -0.2) is 0 Å². The van der Waals surface area contributed by atoms with Crippen LogP contribution in [-0.4, -0.2) is 5.66 Å². The van der Waals surface area contributed by atoms with Crippen LogP contribution >= 0.6 is 0 Å².